The van der Waals surface area contributed by atoms with Gasteiger partial charge in [-0.25, -0.2) is 8.42 Å². The van der Waals surface area contributed by atoms with Crippen LogP contribution in [0.15, 0.2) is 4.99 Å². The van der Waals surface area contributed by atoms with Crippen molar-refractivity contribution in [1.82, 2.24) is 14.9 Å². The van der Waals surface area contributed by atoms with Crippen LogP contribution in [0.3, 0.4) is 0 Å². The van der Waals surface area contributed by atoms with Gasteiger partial charge in [0.15, 0.2) is 5.96 Å². The molecule has 176 valence electrons. The molecule has 1 aliphatic heterocycles. The third-order valence-corrected chi connectivity index (χ3v) is 8.28. The summed E-state index contributed by atoms with van der Waals surface area (Å²) < 4.78 is 67.7. The van der Waals surface area contributed by atoms with Crippen molar-refractivity contribution >= 4 is 40.0 Å². The number of guanidine groups is 1. The zero-order chi connectivity index (χ0) is 21.3. The molecule has 3 fully saturated rings. The van der Waals surface area contributed by atoms with Crippen LogP contribution < -0.4 is 10.6 Å². The minimum absolute atomic E-state index is 0. The lowest BCUT2D eigenvalue weighted by atomic mass is 9.60. The van der Waals surface area contributed by atoms with E-state index in [4.69, 9.17) is 4.74 Å². The third kappa shape index (κ3) is 5.01. The molecule has 2 unspecified atom stereocenters. The van der Waals surface area contributed by atoms with Crippen molar-refractivity contribution in [1.29, 1.82) is 0 Å². The largest absolute Gasteiger partial charge is 0.511 e. The number of sulfonamides is 1. The monoisotopic (exact) mass is 568 g/mol. The van der Waals surface area contributed by atoms with Crippen molar-refractivity contribution in [3.05, 3.63) is 0 Å². The SMILES string of the molecule is CCOC1CC(NC(=NC)NC2CCN(S(=O)(=O)C(F)(F)F)CC2)C12CCCC2.I. The van der Waals surface area contributed by atoms with E-state index in [0.717, 1.165) is 19.3 Å². The van der Waals surface area contributed by atoms with E-state index in [2.05, 4.69) is 15.6 Å². The topological polar surface area (TPSA) is 83.0 Å². The number of aliphatic imine (C=N–C) groups is 1. The Bertz CT molecular complexity index is 706. The number of ether oxygens (including phenoxy) is 1. The minimum atomic E-state index is -5.25. The number of hydrogen-bond donors (Lipinski definition) is 2. The lowest BCUT2D eigenvalue weighted by Gasteiger charge is -2.54. The van der Waals surface area contributed by atoms with E-state index >= 15 is 0 Å². The molecule has 0 amide bonds. The summed E-state index contributed by atoms with van der Waals surface area (Å²) in [6.45, 7) is 2.40. The Hall–Kier alpha value is -0.340. The highest BCUT2D eigenvalue weighted by atomic mass is 127. The van der Waals surface area contributed by atoms with E-state index in [1.165, 1.54) is 12.8 Å². The standard InChI is InChI=1S/C18H31F3N4O3S.HI/c1-3-28-15-12-14(17(15)8-4-5-9-17)24-16(22-2)23-13-6-10-25(11-7-13)29(26,27)18(19,20)21;/h13-15H,3-12H2,1-2H3,(H2,22,23,24);1H. The number of alkyl halides is 3. The van der Waals surface area contributed by atoms with E-state index in [1.54, 1.807) is 7.05 Å². The van der Waals surface area contributed by atoms with E-state index in [9.17, 15) is 21.6 Å². The molecule has 0 aromatic carbocycles. The Labute approximate surface area is 193 Å². The van der Waals surface area contributed by atoms with Crippen LogP contribution >= 0.6 is 24.0 Å². The van der Waals surface area contributed by atoms with Crippen molar-refractivity contribution in [2.24, 2.45) is 10.4 Å². The lowest BCUT2D eigenvalue weighted by molar-refractivity contribution is -0.125. The highest BCUT2D eigenvalue weighted by Crippen LogP contribution is 2.54. The van der Waals surface area contributed by atoms with Gasteiger partial charge in [-0.15, -0.1) is 24.0 Å². The molecular formula is C18H32F3IN4O3S. The maximum atomic E-state index is 12.7. The summed E-state index contributed by atoms with van der Waals surface area (Å²) in [4.78, 5) is 4.28. The average molecular weight is 568 g/mol. The van der Waals surface area contributed by atoms with Crippen LogP contribution in [0.1, 0.15) is 51.9 Å². The van der Waals surface area contributed by atoms with Crippen LogP contribution in [0.2, 0.25) is 0 Å². The molecule has 3 rings (SSSR count). The molecule has 0 radical (unpaired) electrons. The number of halogens is 4. The van der Waals surface area contributed by atoms with Gasteiger partial charge in [0, 0.05) is 44.2 Å². The van der Waals surface area contributed by atoms with E-state index in [0.29, 0.717) is 29.7 Å². The van der Waals surface area contributed by atoms with Crippen LogP contribution in [-0.2, 0) is 14.8 Å². The summed E-state index contributed by atoms with van der Waals surface area (Å²) in [6, 6.07) is 0.140. The predicted molar refractivity (Wildman–Crippen MR) is 119 cm³/mol. The highest BCUT2D eigenvalue weighted by molar-refractivity contribution is 14.0. The molecule has 3 aliphatic rings. The van der Waals surface area contributed by atoms with Gasteiger partial charge in [0.25, 0.3) is 0 Å². The second-order valence-electron chi connectivity index (χ2n) is 8.16. The summed E-state index contributed by atoms with van der Waals surface area (Å²) in [6.07, 6.45) is 6.42. The number of nitrogens with zero attached hydrogens (tertiary/aromatic N) is 2. The van der Waals surface area contributed by atoms with Crippen molar-refractivity contribution in [2.45, 2.75) is 75.6 Å². The van der Waals surface area contributed by atoms with Crippen LogP contribution in [-0.4, -0.2) is 69.1 Å². The van der Waals surface area contributed by atoms with E-state index < -0.39 is 15.5 Å². The van der Waals surface area contributed by atoms with Crippen LogP contribution in [0.4, 0.5) is 13.2 Å². The van der Waals surface area contributed by atoms with Gasteiger partial charge in [-0.05, 0) is 39.0 Å². The van der Waals surface area contributed by atoms with Gasteiger partial charge in [0.05, 0.1) is 6.10 Å². The van der Waals surface area contributed by atoms with Crippen LogP contribution in [0.25, 0.3) is 0 Å². The Balaban J connectivity index is 0.00000320. The molecule has 1 heterocycles. The zero-order valence-corrected chi connectivity index (χ0v) is 20.5. The fourth-order valence-corrected chi connectivity index (χ4v) is 5.99. The van der Waals surface area contributed by atoms with Crippen LogP contribution in [0, 0.1) is 5.41 Å². The molecule has 0 aromatic rings. The first-order chi connectivity index (χ1) is 13.6. The molecule has 2 N–H and O–H groups in total. The molecule has 30 heavy (non-hydrogen) atoms. The number of piperidine rings is 1. The van der Waals surface area contributed by atoms with Crippen molar-refractivity contribution < 1.29 is 26.3 Å². The van der Waals surface area contributed by atoms with E-state index in [-0.39, 0.29) is 60.7 Å². The van der Waals surface area contributed by atoms with Crippen LogP contribution in [0.5, 0.6) is 0 Å². The Morgan fingerprint density at radius 3 is 2.30 bits per heavy atom. The van der Waals surface area contributed by atoms with E-state index in [1.807, 2.05) is 6.92 Å². The van der Waals surface area contributed by atoms with Gasteiger partial charge >= 0.3 is 15.5 Å². The smallest absolute Gasteiger partial charge is 0.378 e. The molecule has 1 saturated heterocycles. The first-order valence-corrected chi connectivity index (χ1v) is 11.8. The summed E-state index contributed by atoms with van der Waals surface area (Å²) >= 11 is 0. The summed E-state index contributed by atoms with van der Waals surface area (Å²) in [7, 11) is -3.59. The van der Waals surface area contributed by atoms with Gasteiger partial charge < -0.3 is 15.4 Å². The number of rotatable bonds is 5. The second kappa shape index (κ2) is 10.1. The Morgan fingerprint density at radius 2 is 1.80 bits per heavy atom. The quantitative estimate of drug-likeness (QED) is 0.303. The molecule has 2 atom stereocenters. The molecule has 7 nitrogen and oxygen atoms in total. The maximum absolute atomic E-state index is 12.7. The predicted octanol–water partition coefficient (Wildman–Crippen LogP) is 2.82. The lowest BCUT2D eigenvalue weighted by Crippen LogP contribution is -2.65. The second-order valence-corrected chi connectivity index (χ2v) is 10.1. The van der Waals surface area contributed by atoms with Gasteiger partial charge in [0.1, 0.15) is 0 Å². The number of nitrogens with one attached hydrogen (secondary N) is 2. The first-order valence-electron chi connectivity index (χ1n) is 10.3. The Kier molecular flexibility index (Phi) is 8.70. The summed E-state index contributed by atoms with van der Waals surface area (Å²) in [5.74, 6) is 0.619. The first kappa shape index (κ1) is 25.9. The van der Waals surface area contributed by atoms with Gasteiger partial charge in [-0.2, -0.15) is 17.5 Å². The molecule has 12 heteroatoms. The van der Waals surface area contributed by atoms with Gasteiger partial charge in [0.2, 0.25) is 0 Å². The molecule has 2 saturated carbocycles. The van der Waals surface area contributed by atoms with Crippen molar-refractivity contribution in [2.75, 3.05) is 26.7 Å². The Morgan fingerprint density at radius 1 is 1.20 bits per heavy atom. The fraction of sp³-hybridized carbons (Fsp3) is 0.944. The molecule has 0 bridgehead atoms. The molecule has 0 aromatic heterocycles. The molecule has 2 aliphatic carbocycles. The third-order valence-electron chi connectivity index (χ3n) is 6.65. The van der Waals surface area contributed by atoms with Crippen molar-refractivity contribution in [3.63, 3.8) is 0 Å². The maximum Gasteiger partial charge on any atom is 0.511 e. The summed E-state index contributed by atoms with van der Waals surface area (Å²) in [5.41, 5.74) is -5.11. The number of hydrogen-bond acceptors (Lipinski definition) is 4. The highest BCUT2D eigenvalue weighted by Gasteiger charge is 2.57. The molecular weight excluding hydrogens is 536 g/mol. The van der Waals surface area contributed by atoms with Gasteiger partial charge in [-0.1, -0.05) is 12.8 Å². The molecule has 1 spiro atoms. The minimum Gasteiger partial charge on any atom is -0.378 e. The van der Waals surface area contributed by atoms with Gasteiger partial charge in [-0.3, -0.25) is 4.99 Å². The fourth-order valence-electron chi connectivity index (χ4n) is 5.00. The normalized spacial score (nSPS) is 28.1. The zero-order valence-electron chi connectivity index (χ0n) is 17.4. The summed E-state index contributed by atoms with van der Waals surface area (Å²) in [5, 5.41) is 6.75. The van der Waals surface area contributed by atoms with Crippen molar-refractivity contribution in [3.8, 4) is 0 Å². The average Bonchev–Trinajstić information content (AvgIpc) is 3.19.